The van der Waals surface area contributed by atoms with Crippen LogP contribution in [0.1, 0.15) is 42.9 Å². The second-order valence-electron chi connectivity index (χ2n) is 7.66. The molecule has 0 saturated heterocycles. The minimum Gasteiger partial charge on any atom is -0.474 e. The fraction of sp³-hybridized carbons (Fsp3) is 0.318. The first kappa shape index (κ1) is 23.7. The Kier molecular flexibility index (Phi) is 6.90. The zero-order valence-electron chi connectivity index (χ0n) is 17.6. The van der Waals surface area contributed by atoms with Crippen LogP contribution in [0.15, 0.2) is 30.3 Å². The van der Waals surface area contributed by atoms with Crippen molar-refractivity contribution in [2.45, 2.75) is 32.3 Å². The monoisotopic (exact) mass is 467 g/mol. The molecule has 6 nitrogen and oxygen atoms in total. The van der Waals surface area contributed by atoms with E-state index in [1.54, 1.807) is 7.05 Å². The Morgan fingerprint density at radius 2 is 1.78 bits per heavy atom. The predicted molar refractivity (Wildman–Crippen MR) is 112 cm³/mol. The van der Waals surface area contributed by atoms with E-state index in [1.807, 2.05) is 0 Å². The molecule has 170 valence electrons. The molecule has 0 amide bonds. The molecule has 0 bridgehead atoms. The first-order valence-electron chi connectivity index (χ1n) is 9.72. The van der Waals surface area contributed by atoms with Gasteiger partial charge in [-0.25, -0.2) is 13.2 Å². The van der Waals surface area contributed by atoms with Crippen molar-refractivity contribution in [2.75, 3.05) is 6.61 Å². The fourth-order valence-corrected chi connectivity index (χ4v) is 3.46. The Bertz CT molecular complexity index is 1140. The van der Waals surface area contributed by atoms with E-state index in [9.17, 15) is 18.0 Å². The van der Waals surface area contributed by atoms with Gasteiger partial charge in [-0.05, 0) is 44.5 Å². The first-order valence-corrected chi connectivity index (χ1v) is 10.1. The molecule has 0 unspecified atom stereocenters. The van der Waals surface area contributed by atoms with Crippen LogP contribution in [0.2, 0.25) is 5.02 Å². The van der Waals surface area contributed by atoms with Gasteiger partial charge in [0.1, 0.15) is 5.82 Å². The largest absolute Gasteiger partial charge is 0.474 e. The number of Topliss-reactive ketones (excluding diaryl/α,β-unsaturated/α-hetero) is 1. The fourth-order valence-electron chi connectivity index (χ4n) is 3.27. The number of carbonyl (C=O) groups is 1. The second kappa shape index (κ2) is 9.30. The maximum atomic E-state index is 14.8. The van der Waals surface area contributed by atoms with Gasteiger partial charge in [-0.3, -0.25) is 4.79 Å². The van der Waals surface area contributed by atoms with E-state index in [1.165, 1.54) is 30.5 Å². The lowest BCUT2D eigenvalue weighted by Gasteiger charge is -2.26. The molecular formula is C22H21ClF3N3O3. The summed E-state index contributed by atoms with van der Waals surface area (Å²) >= 11 is 5.65. The molecule has 0 fully saturated rings. The van der Waals surface area contributed by atoms with Gasteiger partial charge in [-0.15, -0.1) is 10.2 Å². The lowest BCUT2D eigenvalue weighted by Crippen LogP contribution is -2.30. The summed E-state index contributed by atoms with van der Waals surface area (Å²) in [7, 11) is 1.56. The molecule has 3 rings (SSSR count). The maximum absolute atomic E-state index is 14.8. The molecule has 0 aliphatic rings. The van der Waals surface area contributed by atoms with Crippen LogP contribution in [-0.4, -0.2) is 32.3 Å². The van der Waals surface area contributed by atoms with Gasteiger partial charge in [0.25, 0.3) is 0 Å². The molecule has 1 aromatic heterocycles. The van der Waals surface area contributed by atoms with E-state index in [0.29, 0.717) is 6.42 Å². The van der Waals surface area contributed by atoms with E-state index in [0.717, 1.165) is 18.2 Å². The third-order valence-corrected chi connectivity index (χ3v) is 5.05. The molecule has 3 aromatic rings. The van der Waals surface area contributed by atoms with E-state index < -0.39 is 28.8 Å². The van der Waals surface area contributed by atoms with Gasteiger partial charge in [-0.1, -0.05) is 17.7 Å². The standard InChI is InChI=1S/C22H21ClF3N3O3/c1-22(2,32-19-16(25)10-13(23)11-17(19)26)21-28-27-20(29(21)3)14-7-6-12(9-15(14)24)18(31)5-4-8-30/h6-7,9-11,30H,4-5,8H2,1-3H3. The van der Waals surface area contributed by atoms with Crippen LogP contribution >= 0.6 is 11.6 Å². The highest BCUT2D eigenvalue weighted by molar-refractivity contribution is 6.30. The number of halogens is 4. The lowest BCUT2D eigenvalue weighted by atomic mass is 10.0. The van der Waals surface area contributed by atoms with E-state index in [-0.39, 0.29) is 46.6 Å². The highest BCUT2D eigenvalue weighted by Crippen LogP contribution is 2.34. The van der Waals surface area contributed by atoms with Crippen LogP contribution in [0.3, 0.4) is 0 Å². The summed E-state index contributed by atoms with van der Waals surface area (Å²) in [6.07, 6.45) is 0.394. The number of aromatic nitrogens is 3. The third kappa shape index (κ3) is 4.78. The van der Waals surface area contributed by atoms with Crippen LogP contribution in [-0.2, 0) is 12.6 Å². The van der Waals surface area contributed by atoms with Gasteiger partial charge in [0.15, 0.2) is 40.4 Å². The number of aliphatic hydroxyl groups is 1. The molecule has 1 N–H and O–H groups in total. The minimum atomic E-state index is -1.34. The number of ether oxygens (including phenoxy) is 1. The predicted octanol–water partition coefficient (Wildman–Crippen LogP) is 4.82. The van der Waals surface area contributed by atoms with Crippen LogP contribution in [0.4, 0.5) is 13.2 Å². The molecule has 0 radical (unpaired) electrons. The maximum Gasteiger partial charge on any atom is 0.192 e. The molecule has 32 heavy (non-hydrogen) atoms. The summed E-state index contributed by atoms with van der Waals surface area (Å²) in [5, 5.41) is 16.8. The van der Waals surface area contributed by atoms with E-state index in [4.69, 9.17) is 21.4 Å². The van der Waals surface area contributed by atoms with Crippen LogP contribution in [0.5, 0.6) is 5.75 Å². The van der Waals surface area contributed by atoms with Crippen LogP contribution in [0.25, 0.3) is 11.4 Å². The van der Waals surface area contributed by atoms with Crippen molar-refractivity contribution in [3.63, 3.8) is 0 Å². The van der Waals surface area contributed by atoms with Crippen molar-refractivity contribution in [2.24, 2.45) is 7.05 Å². The van der Waals surface area contributed by atoms with Crippen molar-refractivity contribution in [1.82, 2.24) is 14.8 Å². The molecular weight excluding hydrogens is 447 g/mol. The number of hydrogen-bond acceptors (Lipinski definition) is 5. The van der Waals surface area contributed by atoms with Crippen LogP contribution in [0, 0.1) is 17.5 Å². The number of benzene rings is 2. The molecule has 0 aliphatic carbocycles. The van der Waals surface area contributed by atoms with Crippen molar-refractivity contribution in [3.8, 4) is 17.1 Å². The smallest absolute Gasteiger partial charge is 0.192 e. The van der Waals surface area contributed by atoms with Crippen molar-refractivity contribution in [3.05, 3.63) is 64.2 Å². The Morgan fingerprint density at radius 3 is 2.38 bits per heavy atom. The Morgan fingerprint density at radius 1 is 1.12 bits per heavy atom. The highest BCUT2D eigenvalue weighted by Gasteiger charge is 2.32. The number of hydrogen-bond donors (Lipinski definition) is 1. The number of ketones is 1. The number of nitrogens with zero attached hydrogens (tertiary/aromatic N) is 3. The third-order valence-electron chi connectivity index (χ3n) is 4.83. The molecule has 0 spiro atoms. The van der Waals surface area contributed by atoms with Gasteiger partial charge >= 0.3 is 0 Å². The Labute approximate surface area is 187 Å². The van der Waals surface area contributed by atoms with Crippen molar-refractivity contribution >= 4 is 17.4 Å². The highest BCUT2D eigenvalue weighted by atomic mass is 35.5. The van der Waals surface area contributed by atoms with Crippen LogP contribution < -0.4 is 4.74 Å². The quantitative estimate of drug-likeness (QED) is 0.480. The zero-order valence-corrected chi connectivity index (χ0v) is 18.4. The number of rotatable bonds is 8. The summed E-state index contributed by atoms with van der Waals surface area (Å²) in [6.45, 7) is 2.94. The lowest BCUT2D eigenvalue weighted by molar-refractivity contribution is 0.0836. The van der Waals surface area contributed by atoms with E-state index in [2.05, 4.69) is 10.2 Å². The Hall–Kier alpha value is -2.91. The average Bonchev–Trinajstić information content (AvgIpc) is 3.11. The Balaban J connectivity index is 1.92. The first-order chi connectivity index (χ1) is 15.0. The number of aliphatic hydroxyl groups excluding tert-OH is 1. The molecule has 0 saturated carbocycles. The second-order valence-corrected chi connectivity index (χ2v) is 8.10. The summed E-state index contributed by atoms with van der Waals surface area (Å²) in [4.78, 5) is 12.1. The molecule has 2 aromatic carbocycles. The normalized spacial score (nSPS) is 11.6. The van der Waals surface area contributed by atoms with Crippen molar-refractivity contribution < 1.29 is 27.8 Å². The molecule has 0 aliphatic heterocycles. The van der Waals surface area contributed by atoms with Gasteiger partial charge < -0.3 is 14.4 Å². The van der Waals surface area contributed by atoms with Gasteiger partial charge in [-0.2, -0.15) is 0 Å². The van der Waals surface area contributed by atoms with Gasteiger partial charge in [0, 0.05) is 30.7 Å². The average molecular weight is 468 g/mol. The van der Waals surface area contributed by atoms with E-state index >= 15 is 0 Å². The van der Waals surface area contributed by atoms with Gasteiger partial charge in [0.2, 0.25) is 0 Å². The SMILES string of the molecule is Cn1c(-c2ccc(C(=O)CCCO)cc2F)nnc1C(C)(C)Oc1c(F)cc(Cl)cc1F. The topological polar surface area (TPSA) is 77.2 Å². The molecule has 10 heteroatoms. The minimum absolute atomic E-state index is 0.0876. The summed E-state index contributed by atoms with van der Waals surface area (Å²) in [6, 6.07) is 5.83. The summed E-state index contributed by atoms with van der Waals surface area (Å²) < 4.78 is 50.1. The molecule has 0 atom stereocenters. The van der Waals surface area contributed by atoms with Crippen molar-refractivity contribution in [1.29, 1.82) is 0 Å². The summed E-state index contributed by atoms with van der Waals surface area (Å²) in [5.41, 5.74) is -1.07. The summed E-state index contributed by atoms with van der Waals surface area (Å²) in [5.74, 6) is -3.22. The van der Waals surface area contributed by atoms with Gasteiger partial charge in [0.05, 0.1) is 5.56 Å². The molecule has 1 heterocycles. The number of carbonyl (C=O) groups excluding carboxylic acids is 1. The zero-order chi connectivity index (χ0) is 23.6.